The predicted molar refractivity (Wildman–Crippen MR) is 70.0 cm³/mol. The predicted octanol–water partition coefficient (Wildman–Crippen LogP) is 2.36. The Bertz CT molecular complexity index is 358. The van der Waals surface area contributed by atoms with Crippen LogP contribution in [0.4, 0.5) is 0 Å². The molecular formula is C10H13Cl3N2O. The summed E-state index contributed by atoms with van der Waals surface area (Å²) in [7, 11) is 1.82. The first-order chi connectivity index (χ1) is 7.15. The van der Waals surface area contributed by atoms with Crippen LogP contribution in [0.15, 0.2) is 18.2 Å². The fourth-order valence-corrected chi connectivity index (χ4v) is 1.34. The number of likely N-dealkylation sites (N-methyl/N-ethyl adjacent to an activating group) is 1. The molecule has 0 saturated heterocycles. The summed E-state index contributed by atoms with van der Waals surface area (Å²) in [6.45, 7) is 1.31. The summed E-state index contributed by atoms with van der Waals surface area (Å²) in [5.41, 5.74) is 0.514. The van der Waals surface area contributed by atoms with Gasteiger partial charge in [-0.05, 0) is 25.2 Å². The molecule has 0 aromatic heterocycles. The molecule has 0 aliphatic heterocycles. The smallest absolute Gasteiger partial charge is 0.251 e. The zero-order valence-corrected chi connectivity index (χ0v) is 11.0. The standard InChI is InChI=1S/C10H12Cl2N2O.ClH/c1-13-4-5-14-10(15)7-2-3-8(11)9(12)6-7;/h2-3,6,13H,4-5H2,1H3,(H,14,15);1H. The van der Waals surface area contributed by atoms with E-state index in [1.807, 2.05) is 7.05 Å². The number of hydrogen-bond donors (Lipinski definition) is 2. The number of hydrogen-bond acceptors (Lipinski definition) is 2. The molecule has 6 heteroatoms. The average Bonchev–Trinajstić information content (AvgIpc) is 2.22. The van der Waals surface area contributed by atoms with Crippen molar-refractivity contribution in [3.63, 3.8) is 0 Å². The maximum atomic E-state index is 11.5. The zero-order valence-electron chi connectivity index (χ0n) is 8.72. The molecule has 0 aliphatic carbocycles. The molecule has 0 spiro atoms. The van der Waals surface area contributed by atoms with E-state index in [-0.39, 0.29) is 18.3 Å². The Kier molecular flexibility index (Phi) is 7.51. The molecule has 2 N–H and O–H groups in total. The third-order valence-corrected chi connectivity index (χ3v) is 2.58. The van der Waals surface area contributed by atoms with Gasteiger partial charge in [-0.1, -0.05) is 23.2 Å². The second-order valence-electron chi connectivity index (χ2n) is 2.99. The number of nitrogens with one attached hydrogen (secondary N) is 2. The lowest BCUT2D eigenvalue weighted by molar-refractivity contribution is 0.0954. The molecule has 0 fully saturated rings. The van der Waals surface area contributed by atoms with E-state index in [1.54, 1.807) is 18.2 Å². The number of benzene rings is 1. The van der Waals surface area contributed by atoms with Crippen LogP contribution in [0.2, 0.25) is 10.0 Å². The van der Waals surface area contributed by atoms with E-state index in [0.29, 0.717) is 22.2 Å². The van der Waals surface area contributed by atoms with Crippen molar-refractivity contribution in [2.45, 2.75) is 0 Å². The van der Waals surface area contributed by atoms with Crippen molar-refractivity contribution in [3.8, 4) is 0 Å². The minimum absolute atomic E-state index is 0. The SMILES string of the molecule is CNCCNC(=O)c1ccc(Cl)c(Cl)c1.Cl. The molecule has 0 heterocycles. The van der Waals surface area contributed by atoms with Crippen LogP contribution in [0.25, 0.3) is 0 Å². The number of carbonyl (C=O) groups excluding carboxylic acids is 1. The van der Waals surface area contributed by atoms with Gasteiger partial charge in [-0.3, -0.25) is 4.79 Å². The fraction of sp³-hybridized carbons (Fsp3) is 0.300. The van der Waals surface area contributed by atoms with E-state index < -0.39 is 0 Å². The molecule has 16 heavy (non-hydrogen) atoms. The van der Waals surface area contributed by atoms with Gasteiger partial charge in [-0.2, -0.15) is 0 Å². The summed E-state index contributed by atoms with van der Waals surface area (Å²) in [5, 5.41) is 6.51. The summed E-state index contributed by atoms with van der Waals surface area (Å²) in [6.07, 6.45) is 0. The van der Waals surface area contributed by atoms with Gasteiger partial charge in [0.15, 0.2) is 0 Å². The van der Waals surface area contributed by atoms with E-state index in [4.69, 9.17) is 23.2 Å². The van der Waals surface area contributed by atoms with Crippen LogP contribution >= 0.6 is 35.6 Å². The Hall–Kier alpha value is -0.480. The number of halogens is 3. The number of amides is 1. The third-order valence-electron chi connectivity index (χ3n) is 1.84. The quantitative estimate of drug-likeness (QED) is 0.833. The topological polar surface area (TPSA) is 41.1 Å². The van der Waals surface area contributed by atoms with Crippen molar-refractivity contribution in [1.82, 2.24) is 10.6 Å². The molecule has 3 nitrogen and oxygen atoms in total. The van der Waals surface area contributed by atoms with Gasteiger partial charge in [0.2, 0.25) is 0 Å². The first-order valence-corrected chi connectivity index (χ1v) is 5.28. The molecule has 0 aliphatic rings. The first-order valence-electron chi connectivity index (χ1n) is 4.53. The van der Waals surface area contributed by atoms with Crippen LogP contribution in [0.5, 0.6) is 0 Å². The highest BCUT2D eigenvalue weighted by molar-refractivity contribution is 6.42. The van der Waals surface area contributed by atoms with E-state index in [0.717, 1.165) is 6.54 Å². The van der Waals surface area contributed by atoms with Gasteiger partial charge in [-0.25, -0.2) is 0 Å². The average molecular weight is 284 g/mol. The summed E-state index contributed by atoms with van der Waals surface area (Å²) in [4.78, 5) is 11.5. The van der Waals surface area contributed by atoms with Crippen molar-refractivity contribution in [2.24, 2.45) is 0 Å². The lowest BCUT2D eigenvalue weighted by atomic mass is 10.2. The molecule has 0 saturated carbocycles. The molecule has 90 valence electrons. The van der Waals surface area contributed by atoms with E-state index in [9.17, 15) is 4.79 Å². The monoisotopic (exact) mass is 282 g/mol. The van der Waals surface area contributed by atoms with E-state index in [2.05, 4.69) is 10.6 Å². The Balaban J connectivity index is 0.00000225. The molecule has 0 radical (unpaired) electrons. The van der Waals surface area contributed by atoms with Crippen LogP contribution in [0.3, 0.4) is 0 Å². The van der Waals surface area contributed by atoms with Crippen LogP contribution in [-0.2, 0) is 0 Å². The minimum atomic E-state index is -0.149. The summed E-state index contributed by atoms with van der Waals surface area (Å²) >= 11 is 11.5. The normalized spacial score (nSPS) is 9.44. The molecule has 1 aromatic carbocycles. The summed E-state index contributed by atoms with van der Waals surface area (Å²) < 4.78 is 0. The number of rotatable bonds is 4. The van der Waals surface area contributed by atoms with Crippen LogP contribution in [0.1, 0.15) is 10.4 Å². The Morgan fingerprint density at radius 3 is 2.50 bits per heavy atom. The summed E-state index contributed by atoms with van der Waals surface area (Å²) in [5.74, 6) is -0.149. The van der Waals surface area contributed by atoms with E-state index in [1.165, 1.54) is 0 Å². The second-order valence-corrected chi connectivity index (χ2v) is 3.80. The summed E-state index contributed by atoms with van der Waals surface area (Å²) in [6, 6.07) is 4.80. The minimum Gasteiger partial charge on any atom is -0.351 e. The van der Waals surface area contributed by atoms with Crippen molar-refractivity contribution in [3.05, 3.63) is 33.8 Å². The molecule has 1 aromatic rings. The second kappa shape index (κ2) is 7.74. The molecule has 0 bridgehead atoms. The maximum absolute atomic E-state index is 11.5. The van der Waals surface area contributed by atoms with Crippen LogP contribution in [-0.4, -0.2) is 26.0 Å². The van der Waals surface area contributed by atoms with E-state index >= 15 is 0 Å². The zero-order chi connectivity index (χ0) is 11.3. The molecule has 0 atom stereocenters. The van der Waals surface area contributed by atoms with Gasteiger partial charge in [0.05, 0.1) is 10.0 Å². The lowest BCUT2D eigenvalue weighted by Gasteiger charge is -2.05. The molecule has 1 rings (SSSR count). The van der Waals surface area contributed by atoms with Crippen molar-refractivity contribution in [1.29, 1.82) is 0 Å². The number of carbonyl (C=O) groups is 1. The van der Waals surface area contributed by atoms with Crippen LogP contribution < -0.4 is 10.6 Å². The Morgan fingerprint density at radius 1 is 1.25 bits per heavy atom. The first kappa shape index (κ1) is 15.5. The third kappa shape index (κ3) is 4.58. The molecule has 1 amide bonds. The molecule has 0 unspecified atom stereocenters. The van der Waals surface area contributed by atoms with Crippen molar-refractivity contribution < 1.29 is 4.79 Å². The highest BCUT2D eigenvalue weighted by Crippen LogP contribution is 2.22. The Morgan fingerprint density at radius 2 is 1.94 bits per heavy atom. The van der Waals surface area contributed by atoms with Gasteiger partial charge >= 0.3 is 0 Å². The van der Waals surface area contributed by atoms with Crippen molar-refractivity contribution >= 4 is 41.5 Å². The van der Waals surface area contributed by atoms with Gasteiger partial charge < -0.3 is 10.6 Å². The van der Waals surface area contributed by atoms with Gasteiger partial charge in [0.1, 0.15) is 0 Å². The van der Waals surface area contributed by atoms with Gasteiger partial charge in [0.25, 0.3) is 5.91 Å². The lowest BCUT2D eigenvalue weighted by Crippen LogP contribution is -2.30. The highest BCUT2D eigenvalue weighted by Gasteiger charge is 2.06. The van der Waals surface area contributed by atoms with Gasteiger partial charge in [-0.15, -0.1) is 12.4 Å². The largest absolute Gasteiger partial charge is 0.351 e. The fourth-order valence-electron chi connectivity index (χ4n) is 1.04. The Labute approximate surface area is 111 Å². The van der Waals surface area contributed by atoms with Crippen molar-refractivity contribution in [2.75, 3.05) is 20.1 Å². The van der Waals surface area contributed by atoms with Gasteiger partial charge in [0, 0.05) is 18.7 Å². The van der Waals surface area contributed by atoms with Crippen LogP contribution in [0, 0.1) is 0 Å². The highest BCUT2D eigenvalue weighted by atomic mass is 35.5. The maximum Gasteiger partial charge on any atom is 0.251 e. The molecular weight excluding hydrogens is 270 g/mol.